The molecule has 3 heteroatoms. The Hall–Kier alpha value is -5.64. The number of fused-ring (bicyclic) bond motifs is 9. The van der Waals surface area contributed by atoms with Crippen molar-refractivity contribution in [1.29, 1.82) is 0 Å². The van der Waals surface area contributed by atoms with Gasteiger partial charge in [0.05, 0.1) is 27.8 Å². The molecule has 3 heterocycles. The molecular formula is C42H26N2S. The van der Waals surface area contributed by atoms with Gasteiger partial charge in [-0.05, 0) is 53.6 Å². The van der Waals surface area contributed by atoms with Crippen molar-refractivity contribution >= 4 is 75.1 Å². The molecule has 0 bridgehead atoms. The molecule has 2 nitrogen and oxygen atoms in total. The van der Waals surface area contributed by atoms with Crippen molar-refractivity contribution in [3.63, 3.8) is 0 Å². The van der Waals surface area contributed by atoms with Crippen LogP contribution in [0, 0.1) is 0 Å². The molecule has 0 aliphatic carbocycles. The Morgan fingerprint density at radius 3 is 1.69 bits per heavy atom. The maximum atomic E-state index is 2.49. The lowest BCUT2D eigenvalue weighted by Crippen LogP contribution is -1.97. The molecule has 0 amide bonds. The van der Waals surface area contributed by atoms with Gasteiger partial charge in [0.2, 0.25) is 0 Å². The molecule has 0 unspecified atom stereocenters. The zero-order chi connectivity index (χ0) is 29.5. The summed E-state index contributed by atoms with van der Waals surface area (Å²) in [4.78, 5) is 0. The van der Waals surface area contributed by atoms with E-state index in [0.29, 0.717) is 0 Å². The summed E-state index contributed by atoms with van der Waals surface area (Å²) in [5.41, 5.74) is 9.80. The molecular weight excluding hydrogens is 565 g/mol. The summed E-state index contributed by atoms with van der Waals surface area (Å²) >= 11 is 1.89. The number of thiophene rings is 1. The van der Waals surface area contributed by atoms with E-state index in [1.807, 2.05) is 11.3 Å². The van der Waals surface area contributed by atoms with Crippen LogP contribution >= 0.6 is 11.3 Å². The monoisotopic (exact) mass is 590 g/mol. The minimum absolute atomic E-state index is 1.16. The predicted molar refractivity (Wildman–Crippen MR) is 193 cm³/mol. The first kappa shape index (κ1) is 24.8. The number of nitrogens with zero attached hydrogens (tertiary/aromatic N) is 2. The number of benzene rings is 7. The Morgan fingerprint density at radius 1 is 0.400 bits per heavy atom. The van der Waals surface area contributed by atoms with Gasteiger partial charge >= 0.3 is 0 Å². The quantitative estimate of drug-likeness (QED) is 0.194. The van der Waals surface area contributed by atoms with Crippen LogP contribution in [0.1, 0.15) is 0 Å². The second kappa shape index (κ2) is 9.43. The summed E-state index contributed by atoms with van der Waals surface area (Å²) in [5.74, 6) is 0. The van der Waals surface area contributed by atoms with Gasteiger partial charge < -0.3 is 9.13 Å². The Morgan fingerprint density at radius 2 is 0.978 bits per heavy atom. The molecule has 0 spiro atoms. The average molecular weight is 591 g/mol. The van der Waals surface area contributed by atoms with Crippen LogP contribution in [0.3, 0.4) is 0 Å². The molecule has 45 heavy (non-hydrogen) atoms. The smallest absolute Gasteiger partial charge is 0.0562 e. The van der Waals surface area contributed by atoms with Gasteiger partial charge in [0, 0.05) is 47.4 Å². The second-order valence-corrected chi connectivity index (χ2v) is 12.8. The molecule has 10 aromatic rings. The van der Waals surface area contributed by atoms with Crippen LogP contribution in [-0.4, -0.2) is 9.13 Å². The molecule has 0 N–H and O–H groups in total. The van der Waals surface area contributed by atoms with Gasteiger partial charge in [-0.15, -0.1) is 11.3 Å². The van der Waals surface area contributed by atoms with E-state index < -0.39 is 0 Å². The fourth-order valence-corrected chi connectivity index (χ4v) is 8.68. The normalized spacial score (nSPS) is 12.0. The van der Waals surface area contributed by atoms with Crippen molar-refractivity contribution in [3.05, 3.63) is 158 Å². The van der Waals surface area contributed by atoms with Gasteiger partial charge in [-0.1, -0.05) is 115 Å². The Balaban J connectivity index is 1.31. The van der Waals surface area contributed by atoms with E-state index in [4.69, 9.17) is 0 Å². The van der Waals surface area contributed by atoms with Crippen LogP contribution in [0.15, 0.2) is 158 Å². The van der Waals surface area contributed by atoms with Gasteiger partial charge in [0.15, 0.2) is 0 Å². The molecule has 0 saturated heterocycles. The number of rotatable bonds is 3. The standard InChI is InChI=1S/C42H26N2S/c1-2-12-27(13-3-1)29-17-10-18-34-41-38(22-11-23-40(41)45-42(29)34)44-37-21-9-6-16-32(37)33-25-24-28(26-39(33)44)43-35-19-7-4-14-30(35)31-15-5-8-20-36(31)43/h1-26H. The first-order valence-corrected chi connectivity index (χ1v) is 16.2. The van der Waals surface area contributed by atoms with Gasteiger partial charge in [0.25, 0.3) is 0 Å². The molecule has 0 aliphatic rings. The second-order valence-electron chi connectivity index (χ2n) is 11.7. The summed E-state index contributed by atoms with van der Waals surface area (Å²) in [6, 6.07) is 57.6. The molecule has 0 fully saturated rings. The van der Waals surface area contributed by atoms with Gasteiger partial charge in [-0.2, -0.15) is 0 Å². The highest BCUT2D eigenvalue weighted by Crippen LogP contribution is 2.44. The van der Waals surface area contributed by atoms with E-state index in [1.54, 1.807) is 0 Å². The average Bonchev–Trinajstić information content (AvgIpc) is 3.76. The first-order chi connectivity index (χ1) is 22.3. The molecule has 0 saturated carbocycles. The Kier molecular flexibility index (Phi) is 5.19. The third-order valence-corrected chi connectivity index (χ3v) is 10.5. The topological polar surface area (TPSA) is 9.86 Å². The number of para-hydroxylation sites is 3. The maximum absolute atomic E-state index is 2.49. The fraction of sp³-hybridized carbons (Fsp3) is 0. The number of hydrogen-bond donors (Lipinski definition) is 0. The molecule has 3 aromatic heterocycles. The zero-order valence-electron chi connectivity index (χ0n) is 24.3. The minimum Gasteiger partial charge on any atom is -0.309 e. The summed E-state index contributed by atoms with van der Waals surface area (Å²) in [5, 5.41) is 7.69. The Bertz CT molecular complexity index is 2710. The molecule has 210 valence electrons. The van der Waals surface area contributed by atoms with Gasteiger partial charge in [-0.3, -0.25) is 0 Å². The molecule has 7 aromatic carbocycles. The van der Waals surface area contributed by atoms with E-state index in [1.165, 1.54) is 80.6 Å². The Labute approximate surface area is 263 Å². The third kappa shape index (κ3) is 3.50. The van der Waals surface area contributed by atoms with E-state index in [2.05, 4.69) is 167 Å². The van der Waals surface area contributed by atoms with E-state index >= 15 is 0 Å². The summed E-state index contributed by atoms with van der Waals surface area (Å²) in [6.07, 6.45) is 0. The van der Waals surface area contributed by atoms with Crippen molar-refractivity contribution in [2.24, 2.45) is 0 Å². The van der Waals surface area contributed by atoms with E-state index in [9.17, 15) is 0 Å². The highest BCUT2D eigenvalue weighted by molar-refractivity contribution is 7.26. The predicted octanol–water partition coefficient (Wildman–Crippen LogP) is 11.9. The lowest BCUT2D eigenvalue weighted by atomic mass is 10.0. The number of aromatic nitrogens is 2. The van der Waals surface area contributed by atoms with E-state index in [-0.39, 0.29) is 0 Å². The maximum Gasteiger partial charge on any atom is 0.0562 e. The fourth-order valence-electron chi connectivity index (χ4n) is 7.42. The van der Waals surface area contributed by atoms with Gasteiger partial charge in [0.1, 0.15) is 0 Å². The van der Waals surface area contributed by atoms with Gasteiger partial charge in [-0.25, -0.2) is 0 Å². The third-order valence-electron chi connectivity index (χ3n) is 9.32. The summed E-state index contributed by atoms with van der Waals surface area (Å²) < 4.78 is 7.54. The van der Waals surface area contributed by atoms with Crippen molar-refractivity contribution in [3.8, 4) is 22.5 Å². The first-order valence-electron chi connectivity index (χ1n) is 15.4. The molecule has 0 radical (unpaired) electrons. The minimum atomic E-state index is 1.16. The summed E-state index contributed by atoms with van der Waals surface area (Å²) in [7, 11) is 0. The van der Waals surface area contributed by atoms with Crippen molar-refractivity contribution in [1.82, 2.24) is 9.13 Å². The van der Waals surface area contributed by atoms with Crippen LogP contribution in [0.4, 0.5) is 0 Å². The highest BCUT2D eigenvalue weighted by Gasteiger charge is 2.19. The largest absolute Gasteiger partial charge is 0.309 e. The van der Waals surface area contributed by atoms with Crippen LogP contribution in [0.25, 0.3) is 86.3 Å². The molecule has 0 aliphatic heterocycles. The van der Waals surface area contributed by atoms with Crippen molar-refractivity contribution in [2.45, 2.75) is 0 Å². The van der Waals surface area contributed by atoms with Crippen LogP contribution < -0.4 is 0 Å². The lowest BCUT2D eigenvalue weighted by molar-refractivity contribution is 1.16. The lowest BCUT2D eigenvalue weighted by Gasteiger charge is -2.12. The zero-order valence-corrected chi connectivity index (χ0v) is 25.1. The SMILES string of the molecule is c1ccc(-c2cccc3c2sc2cccc(-n4c5ccccc5c5ccc(-n6c7ccccc7c7ccccc76)cc54)c23)cc1. The highest BCUT2D eigenvalue weighted by atomic mass is 32.1. The molecule has 0 atom stereocenters. The van der Waals surface area contributed by atoms with Crippen LogP contribution in [0.5, 0.6) is 0 Å². The molecule has 10 rings (SSSR count). The van der Waals surface area contributed by atoms with Crippen LogP contribution in [0.2, 0.25) is 0 Å². The summed E-state index contributed by atoms with van der Waals surface area (Å²) in [6.45, 7) is 0. The van der Waals surface area contributed by atoms with Crippen molar-refractivity contribution < 1.29 is 0 Å². The van der Waals surface area contributed by atoms with Crippen molar-refractivity contribution in [2.75, 3.05) is 0 Å². The van der Waals surface area contributed by atoms with Crippen LogP contribution in [-0.2, 0) is 0 Å². The number of hydrogen-bond acceptors (Lipinski definition) is 1. The van der Waals surface area contributed by atoms with E-state index in [0.717, 1.165) is 5.69 Å².